The molecule has 0 spiro atoms. The molecule has 21 heavy (non-hydrogen) atoms. The molecule has 0 bridgehead atoms. The van der Waals surface area contributed by atoms with Crippen LogP contribution in [-0.2, 0) is 20.1 Å². The first-order chi connectivity index (χ1) is 9.69. The molecule has 0 amide bonds. The molecule has 0 saturated heterocycles. The molecule has 2 aromatic rings. The Bertz CT molecular complexity index is 577. The van der Waals surface area contributed by atoms with Crippen LogP contribution in [0.15, 0.2) is 23.5 Å². The van der Waals surface area contributed by atoms with Crippen LogP contribution >= 0.6 is 35.3 Å². The van der Waals surface area contributed by atoms with Gasteiger partial charge in [0.15, 0.2) is 5.96 Å². The first-order valence-electron chi connectivity index (χ1n) is 6.59. The van der Waals surface area contributed by atoms with Crippen LogP contribution in [0.3, 0.4) is 0 Å². The minimum Gasteiger partial charge on any atom is -0.357 e. The van der Waals surface area contributed by atoms with E-state index in [0.29, 0.717) is 6.54 Å². The molecule has 0 atom stereocenters. The van der Waals surface area contributed by atoms with E-state index in [1.165, 1.54) is 9.75 Å². The fourth-order valence-electron chi connectivity index (χ4n) is 1.71. The standard InChI is InChI=1S/C13H20N6S.HI/c1-4-14-13(15-7-11-6-5-10(2)20-11)16-8-12-17-9-18-19(12)3;/h5-6,9H,4,7-8H2,1-3H3,(H2,14,15,16);1H. The van der Waals surface area contributed by atoms with Gasteiger partial charge in [0.25, 0.3) is 0 Å². The van der Waals surface area contributed by atoms with E-state index in [9.17, 15) is 0 Å². The zero-order chi connectivity index (χ0) is 14.4. The van der Waals surface area contributed by atoms with Crippen LogP contribution in [-0.4, -0.2) is 27.3 Å². The highest BCUT2D eigenvalue weighted by Gasteiger charge is 2.02. The van der Waals surface area contributed by atoms with Gasteiger partial charge < -0.3 is 10.6 Å². The maximum Gasteiger partial charge on any atom is 0.191 e. The van der Waals surface area contributed by atoms with E-state index < -0.39 is 0 Å². The van der Waals surface area contributed by atoms with E-state index in [4.69, 9.17) is 0 Å². The summed E-state index contributed by atoms with van der Waals surface area (Å²) in [5.74, 6) is 1.63. The highest BCUT2D eigenvalue weighted by Crippen LogP contribution is 2.14. The average Bonchev–Trinajstić information content (AvgIpc) is 3.02. The summed E-state index contributed by atoms with van der Waals surface area (Å²) in [5, 5.41) is 10.6. The van der Waals surface area contributed by atoms with Gasteiger partial charge in [0, 0.05) is 23.3 Å². The second-order valence-corrected chi connectivity index (χ2v) is 5.73. The highest BCUT2D eigenvalue weighted by atomic mass is 127. The lowest BCUT2D eigenvalue weighted by Crippen LogP contribution is -2.36. The van der Waals surface area contributed by atoms with E-state index in [-0.39, 0.29) is 24.0 Å². The molecule has 6 nitrogen and oxygen atoms in total. The Labute approximate surface area is 146 Å². The molecule has 2 aromatic heterocycles. The predicted octanol–water partition coefficient (Wildman–Crippen LogP) is 2.06. The minimum absolute atomic E-state index is 0. The van der Waals surface area contributed by atoms with Crippen molar-refractivity contribution in [3.8, 4) is 0 Å². The summed E-state index contributed by atoms with van der Waals surface area (Å²) < 4.78 is 1.73. The lowest BCUT2D eigenvalue weighted by molar-refractivity contribution is 0.697. The first kappa shape index (κ1) is 17.9. The van der Waals surface area contributed by atoms with Gasteiger partial charge in [-0.25, -0.2) is 9.98 Å². The third kappa shape index (κ3) is 5.62. The van der Waals surface area contributed by atoms with Gasteiger partial charge in [-0.2, -0.15) is 5.10 Å². The summed E-state index contributed by atoms with van der Waals surface area (Å²) in [6.45, 7) is 6.28. The number of aromatic nitrogens is 3. The number of hydrogen-bond donors (Lipinski definition) is 2. The zero-order valence-electron chi connectivity index (χ0n) is 12.5. The maximum atomic E-state index is 4.51. The van der Waals surface area contributed by atoms with Crippen LogP contribution in [0.4, 0.5) is 0 Å². The number of guanidine groups is 1. The minimum atomic E-state index is 0. The summed E-state index contributed by atoms with van der Waals surface area (Å²) >= 11 is 1.79. The van der Waals surface area contributed by atoms with Gasteiger partial charge in [-0.05, 0) is 26.0 Å². The van der Waals surface area contributed by atoms with Gasteiger partial charge in [-0.3, -0.25) is 4.68 Å². The number of halogens is 1. The summed E-state index contributed by atoms with van der Waals surface area (Å²) in [5.41, 5.74) is 0. The number of aliphatic imine (C=N–C) groups is 1. The quantitative estimate of drug-likeness (QED) is 0.442. The molecule has 0 saturated carbocycles. The molecule has 2 N–H and O–H groups in total. The Hall–Kier alpha value is -1.16. The summed E-state index contributed by atoms with van der Waals surface area (Å²) in [4.78, 5) is 11.3. The van der Waals surface area contributed by atoms with Crippen molar-refractivity contribution in [1.82, 2.24) is 25.4 Å². The largest absolute Gasteiger partial charge is 0.357 e. The molecule has 8 heteroatoms. The Balaban J connectivity index is 0.00000220. The smallest absolute Gasteiger partial charge is 0.191 e. The molecule has 2 rings (SSSR count). The Morgan fingerprint density at radius 1 is 1.38 bits per heavy atom. The molecular weight excluding hydrogens is 399 g/mol. The van der Waals surface area contributed by atoms with Gasteiger partial charge in [-0.1, -0.05) is 0 Å². The molecule has 0 aliphatic carbocycles. The first-order valence-corrected chi connectivity index (χ1v) is 7.41. The Morgan fingerprint density at radius 2 is 2.19 bits per heavy atom. The Kier molecular flexibility index (Phi) is 7.65. The van der Waals surface area contributed by atoms with E-state index in [0.717, 1.165) is 24.9 Å². The summed E-state index contributed by atoms with van der Waals surface area (Å²) in [6, 6.07) is 4.27. The second-order valence-electron chi connectivity index (χ2n) is 4.36. The number of hydrogen-bond acceptors (Lipinski definition) is 4. The number of rotatable bonds is 5. The van der Waals surface area contributed by atoms with Crippen LogP contribution in [0.5, 0.6) is 0 Å². The van der Waals surface area contributed by atoms with Crippen LogP contribution < -0.4 is 10.6 Å². The molecular formula is C13H21IN6S. The third-order valence-corrected chi connectivity index (χ3v) is 3.75. The van der Waals surface area contributed by atoms with Crippen molar-refractivity contribution < 1.29 is 0 Å². The normalized spacial score (nSPS) is 11.1. The van der Waals surface area contributed by atoms with Crippen molar-refractivity contribution in [2.24, 2.45) is 12.0 Å². The van der Waals surface area contributed by atoms with E-state index in [2.05, 4.69) is 51.7 Å². The zero-order valence-corrected chi connectivity index (χ0v) is 15.6. The number of aryl methyl sites for hydroxylation is 2. The van der Waals surface area contributed by atoms with Crippen molar-refractivity contribution in [2.45, 2.75) is 26.9 Å². The second kappa shape index (κ2) is 8.98. The van der Waals surface area contributed by atoms with Crippen molar-refractivity contribution in [3.05, 3.63) is 34.0 Å². The fourth-order valence-corrected chi connectivity index (χ4v) is 2.54. The lowest BCUT2D eigenvalue weighted by atomic mass is 10.4. The predicted molar refractivity (Wildman–Crippen MR) is 97.1 cm³/mol. The SMILES string of the molecule is CCNC(=NCc1ncnn1C)NCc1ccc(C)s1.I. The van der Waals surface area contributed by atoms with E-state index in [1.54, 1.807) is 22.3 Å². The molecule has 2 heterocycles. The van der Waals surface area contributed by atoms with Crippen LogP contribution in [0.1, 0.15) is 22.5 Å². The molecule has 0 aromatic carbocycles. The van der Waals surface area contributed by atoms with Crippen LogP contribution in [0, 0.1) is 6.92 Å². The Morgan fingerprint density at radius 3 is 2.76 bits per heavy atom. The lowest BCUT2D eigenvalue weighted by Gasteiger charge is -2.10. The molecule has 116 valence electrons. The highest BCUT2D eigenvalue weighted by molar-refractivity contribution is 14.0. The average molecular weight is 420 g/mol. The van der Waals surface area contributed by atoms with Crippen LogP contribution in [0.2, 0.25) is 0 Å². The monoisotopic (exact) mass is 420 g/mol. The van der Waals surface area contributed by atoms with Crippen molar-refractivity contribution in [2.75, 3.05) is 6.54 Å². The molecule has 0 fully saturated rings. The van der Waals surface area contributed by atoms with Crippen molar-refractivity contribution in [1.29, 1.82) is 0 Å². The van der Waals surface area contributed by atoms with Crippen LogP contribution in [0.25, 0.3) is 0 Å². The van der Waals surface area contributed by atoms with Gasteiger partial charge in [-0.15, -0.1) is 35.3 Å². The third-order valence-electron chi connectivity index (χ3n) is 2.75. The molecule has 0 aliphatic heterocycles. The van der Waals surface area contributed by atoms with Gasteiger partial charge in [0.05, 0.1) is 6.54 Å². The van der Waals surface area contributed by atoms with Gasteiger partial charge >= 0.3 is 0 Å². The van der Waals surface area contributed by atoms with E-state index in [1.807, 2.05) is 7.05 Å². The number of nitrogens with zero attached hydrogens (tertiary/aromatic N) is 4. The molecule has 0 aliphatic rings. The van der Waals surface area contributed by atoms with Gasteiger partial charge in [0.2, 0.25) is 0 Å². The molecule has 0 radical (unpaired) electrons. The number of thiophene rings is 1. The number of nitrogens with one attached hydrogen (secondary N) is 2. The fraction of sp³-hybridized carbons (Fsp3) is 0.462. The maximum absolute atomic E-state index is 4.51. The van der Waals surface area contributed by atoms with E-state index >= 15 is 0 Å². The van der Waals surface area contributed by atoms with Crippen molar-refractivity contribution >= 4 is 41.3 Å². The topological polar surface area (TPSA) is 67.1 Å². The summed E-state index contributed by atoms with van der Waals surface area (Å²) in [6.07, 6.45) is 1.54. The molecule has 0 unspecified atom stereocenters. The summed E-state index contributed by atoms with van der Waals surface area (Å²) in [7, 11) is 1.87. The van der Waals surface area contributed by atoms with Crippen molar-refractivity contribution in [3.63, 3.8) is 0 Å². The van der Waals surface area contributed by atoms with Gasteiger partial charge in [0.1, 0.15) is 18.7 Å².